The van der Waals surface area contributed by atoms with Crippen LogP contribution in [0.1, 0.15) is 24.5 Å². The summed E-state index contributed by atoms with van der Waals surface area (Å²) in [4.78, 5) is 2.35. The largest absolute Gasteiger partial charge is 0.385 e. The number of ether oxygens (including phenoxy) is 2. The Morgan fingerprint density at radius 2 is 1.86 bits per heavy atom. The number of nitrogens with two attached hydrogens (primary N) is 1. The first kappa shape index (κ1) is 18.0. The topological polar surface area (TPSA) is 47.7 Å². The normalized spacial score (nSPS) is 12.4. The van der Waals surface area contributed by atoms with Crippen molar-refractivity contribution >= 4 is 5.69 Å². The molecular weight excluding hydrogens is 264 g/mol. The summed E-state index contributed by atoms with van der Waals surface area (Å²) >= 11 is 0. The minimum atomic E-state index is 0.195. The van der Waals surface area contributed by atoms with E-state index in [0.29, 0.717) is 0 Å². The molecule has 0 fully saturated rings. The van der Waals surface area contributed by atoms with Crippen LogP contribution in [0.3, 0.4) is 0 Å². The van der Waals surface area contributed by atoms with Gasteiger partial charge in [0.25, 0.3) is 0 Å². The summed E-state index contributed by atoms with van der Waals surface area (Å²) in [7, 11) is 3.48. The van der Waals surface area contributed by atoms with Crippen LogP contribution in [0, 0.1) is 6.92 Å². The zero-order chi connectivity index (χ0) is 15.7. The van der Waals surface area contributed by atoms with E-state index in [2.05, 4.69) is 30.0 Å². The van der Waals surface area contributed by atoms with Gasteiger partial charge >= 0.3 is 0 Å². The van der Waals surface area contributed by atoms with Gasteiger partial charge in [-0.25, -0.2) is 0 Å². The number of hydrogen-bond donors (Lipinski definition) is 1. The van der Waals surface area contributed by atoms with E-state index in [1.165, 1.54) is 16.8 Å². The van der Waals surface area contributed by atoms with Crippen LogP contribution in [0.2, 0.25) is 0 Å². The van der Waals surface area contributed by atoms with Crippen molar-refractivity contribution < 1.29 is 9.47 Å². The predicted molar refractivity (Wildman–Crippen MR) is 89.1 cm³/mol. The van der Waals surface area contributed by atoms with Gasteiger partial charge in [-0.1, -0.05) is 6.07 Å². The molecule has 1 unspecified atom stereocenters. The van der Waals surface area contributed by atoms with Gasteiger partial charge in [0.05, 0.1) is 6.61 Å². The smallest absolute Gasteiger partial charge is 0.0637 e. The molecule has 0 heterocycles. The maximum atomic E-state index is 5.90. The lowest BCUT2D eigenvalue weighted by Crippen LogP contribution is -2.29. The average Bonchev–Trinajstić information content (AvgIpc) is 2.44. The first-order valence-corrected chi connectivity index (χ1v) is 7.66. The number of benzene rings is 1. The minimum Gasteiger partial charge on any atom is -0.385 e. The van der Waals surface area contributed by atoms with Gasteiger partial charge in [-0.3, -0.25) is 0 Å². The van der Waals surface area contributed by atoms with E-state index in [-0.39, 0.29) is 6.04 Å². The molecular formula is C17H30N2O2. The van der Waals surface area contributed by atoms with Gasteiger partial charge < -0.3 is 20.1 Å². The van der Waals surface area contributed by atoms with Crippen molar-refractivity contribution in [3.63, 3.8) is 0 Å². The molecule has 120 valence electrons. The maximum Gasteiger partial charge on any atom is 0.0637 e. The lowest BCUT2D eigenvalue weighted by molar-refractivity contribution is 0.191. The Labute approximate surface area is 129 Å². The molecule has 1 aromatic carbocycles. The van der Waals surface area contributed by atoms with Crippen molar-refractivity contribution in [2.45, 2.75) is 32.7 Å². The summed E-state index contributed by atoms with van der Waals surface area (Å²) in [6, 6.07) is 6.83. The molecule has 0 bridgehead atoms. The van der Waals surface area contributed by atoms with Gasteiger partial charge in [-0.05, 0) is 49.9 Å². The van der Waals surface area contributed by atoms with Gasteiger partial charge in [-0.2, -0.15) is 0 Å². The third-order valence-electron chi connectivity index (χ3n) is 3.58. The lowest BCUT2D eigenvalue weighted by atomic mass is 10.0. The summed E-state index contributed by atoms with van der Waals surface area (Å²) in [6.07, 6.45) is 1.94. The minimum absolute atomic E-state index is 0.195. The highest BCUT2D eigenvalue weighted by Gasteiger charge is 2.09. The van der Waals surface area contributed by atoms with Crippen LogP contribution in [-0.2, 0) is 15.9 Å². The van der Waals surface area contributed by atoms with Gasteiger partial charge in [0.15, 0.2) is 0 Å². The molecule has 4 heteroatoms. The molecule has 21 heavy (non-hydrogen) atoms. The van der Waals surface area contributed by atoms with Crippen LogP contribution in [0.4, 0.5) is 5.69 Å². The van der Waals surface area contributed by atoms with Crippen LogP contribution in [-0.4, -0.2) is 46.6 Å². The highest BCUT2D eigenvalue weighted by molar-refractivity contribution is 5.51. The molecule has 0 aliphatic heterocycles. The molecule has 1 atom stereocenters. The first-order chi connectivity index (χ1) is 10.1. The summed E-state index contributed by atoms with van der Waals surface area (Å²) in [5.41, 5.74) is 9.78. The second-order valence-corrected chi connectivity index (χ2v) is 5.62. The molecule has 0 saturated carbocycles. The second-order valence-electron chi connectivity index (χ2n) is 5.62. The number of rotatable bonds is 10. The van der Waals surface area contributed by atoms with E-state index in [1.54, 1.807) is 14.2 Å². The molecule has 1 rings (SSSR count). The number of nitrogens with zero attached hydrogens (tertiary/aromatic N) is 1. The molecule has 0 spiro atoms. The van der Waals surface area contributed by atoms with E-state index in [1.807, 2.05) is 6.92 Å². The van der Waals surface area contributed by atoms with Crippen molar-refractivity contribution in [3.8, 4) is 0 Å². The van der Waals surface area contributed by atoms with E-state index >= 15 is 0 Å². The van der Waals surface area contributed by atoms with E-state index in [4.69, 9.17) is 15.2 Å². The third-order valence-corrected chi connectivity index (χ3v) is 3.58. The maximum absolute atomic E-state index is 5.90. The van der Waals surface area contributed by atoms with E-state index < -0.39 is 0 Å². The highest BCUT2D eigenvalue weighted by atomic mass is 16.5. The molecule has 0 aliphatic rings. The van der Waals surface area contributed by atoms with Crippen molar-refractivity contribution in [2.75, 3.05) is 45.4 Å². The third kappa shape index (κ3) is 6.46. The number of hydrogen-bond acceptors (Lipinski definition) is 4. The van der Waals surface area contributed by atoms with Crippen molar-refractivity contribution in [1.29, 1.82) is 0 Å². The molecule has 1 aromatic rings. The van der Waals surface area contributed by atoms with Crippen LogP contribution in [0.5, 0.6) is 0 Å². The van der Waals surface area contributed by atoms with E-state index in [0.717, 1.165) is 39.1 Å². The fourth-order valence-corrected chi connectivity index (χ4v) is 2.42. The molecule has 0 radical (unpaired) electrons. The first-order valence-electron chi connectivity index (χ1n) is 7.66. The Hall–Kier alpha value is -1.10. The summed E-state index contributed by atoms with van der Waals surface area (Å²) < 4.78 is 10.4. The zero-order valence-corrected chi connectivity index (χ0v) is 13.9. The number of aryl methyl sites for hydroxylation is 1. The van der Waals surface area contributed by atoms with Crippen LogP contribution < -0.4 is 10.6 Å². The molecule has 4 nitrogen and oxygen atoms in total. The number of anilines is 1. The molecule has 0 aromatic heterocycles. The summed E-state index contributed by atoms with van der Waals surface area (Å²) in [5.74, 6) is 0. The van der Waals surface area contributed by atoms with Gasteiger partial charge in [0.2, 0.25) is 0 Å². The predicted octanol–water partition coefficient (Wildman–Crippen LogP) is 2.37. The Morgan fingerprint density at radius 3 is 2.43 bits per heavy atom. The molecule has 2 N–H and O–H groups in total. The van der Waals surface area contributed by atoms with Gasteiger partial charge in [0, 0.05) is 45.6 Å². The van der Waals surface area contributed by atoms with Gasteiger partial charge in [-0.15, -0.1) is 0 Å². The lowest BCUT2D eigenvalue weighted by Gasteiger charge is -2.25. The highest BCUT2D eigenvalue weighted by Crippen LogP contribution is 2.20. The quantitative estimate of drug-likeness (QED) is 0.673. The molecule has 0 amide bonds. The van der Waals surface area contributed by atoms with E-state index in [9.17, 15) is 0 Å². The average molecular weight is 294 g/mol. The second kappa shape index (κ2) is 9.77. The Bertz CT molecular complexity index is 408. The van der Waals surface area contributed by atoms with Crippen molar-refractivity contribution in [3.05, 3.63) is 29.3 Å². The molecule has 0 aliphatic carbocycles. The Kier molecular flexibility index (Phi) is 8.35. The van der Waals surface area contributed by atoms with Crippen molar-refractivity contribution in [1.82, 2.24) is 0 Å². The monoisotopic (exact) mass is 294 g/mol. The van der Waals surface area contributed by atoms with Crippen LogP contribution >= 0.6 is 0 Å². The standard InChI is InChI=1S/C17H30N2O2/c1-14-12-17(7-6-16(14)13-15(2)18)19(9-11-21-4)8-5-10-20-3/h6-7,12,15H,5,8-11,13,18H2,1-4H3. The fraction of sp³-hybridized carbons (Fsp3) is 0.647. The SMILES string of the molecule is COCCCN(CCOC)c1ccc(CC(C)N)c(C)c1. The van der Waals surface area contributed by atoms with Crippen molar-refractivity contribution in [2.24, 2.45) is 5.73 Å². The Morgan fingerprint density at radius 1 is 1.14 bits per heavy atom. The summed E-state index contributed by atoms with van der Waals surface area (Å²) in [6.45, 7) is 7.59. The zero-order valence-electron chi connectivity index (χ0n) is 13.9. The molecule has 0 saturated heterocycles. The Balaban J connectivity index is 2.78. The summed E-state index contributed by atoms with van der Waals surface area (Å²) in [5, 5.41) is 0. The fourth-order valence-electron chi connectivity index (χ4n) is 2.42. The van der Waals surface area contributed by atoms with Crippen LogP contribution in [0.15, 0.2) is 18.2 Å². The van der Waals surface area contributed by atoms with Gasteiger partial charge in [0.1, 0.15) is 0 Å². The van der Waals surface area contributed by atoms with Crippen LogP contribution in [0.25, 0.3) is 0 Å². The number of methoxy groups -OCH3 is 2.